The zero-order valence-electron chi connectivity index (χ0n) is 14.4. The Bertz CT molecular complexity index is 683. The fraction of sp³-hybridized carbons (Fsp3) is 0.588. The second kappa shape index (κ2) is 7.01. The molecular weight excluding hydrogens is 312 g/mol. The largest absolute Gasteiger partial charge is 0.349 e. The van der Waals surface area contributed by atoms with Gasteiger partial charge in [0, 0.05) is 27.2 Å². The Morgan fingerprint density at radius 2 is 1.96 bits per heavy atom. The van der Waals surface area contributed by atoms with Crippen molar-refractivity contribution in [2.45, 2.75) is 32.4 Å². The molecule has 0 N–H and O–H groups in total. The molecule has 0 spiro atoms. The summed E-state index contributed by atoms with van der Waals surface area (Å²) < 4.78 is 26.9. The van der Waals surface area contributed by atoms with E-state index in [1.165, 1.54) is 4.31 Å². The molecule has 1 aromatic carbocycles. The molecule has 2 rings (SSSR count). The highest BCUT2D eigenvalue weighted by molar-refractivity contribution is 7.88. The molecule has 1 fully saturated rings. The molecule has 1 saturated heterocycles. The van der Waals surface area contributed by atoms with Crippen LogP contribution >= 0.6 is 0 Å². The van der Waals surface area contributed by atoms with Gasteiger partial charge in [-0.05, 0) is 43.4 Å². The van der Waals surface area contributed by atoms with Crippen LogP contribution in [0, 0.1) is 19.8 Å². The van der Waals surface area contributed by atoms with E-state index in [0.29, 0.717) is 13.1 Å². The van der Waals surface area contributed by atoms with Gasteiger partial charge in [0.05, 0.1) is 11.7 Å². The van der Waals surface area contributed by atoms with Crippen molar-refractivity contribution in [1.29, 1.82) is 0 Å². The molecule has 0 saturated carbocycles. The summed E-state index contributed by atoms with van der Waals surface area (Å²) in [5.41, 5.74) is 3.05. The van der Waals surface area contributed by atoms with Crippen LogP contribution in [0.25, 0.3) is 0 Å². The molecule has 128 valence electrons. The van der Waals surface area contributed by atoms with Gasteiger partial charge in [-0.25, -0.2) is 12.7 Å². The number of nitrogens with zero attached hydrogens (tertiary/aromatic N) is 2. The fourth-order valence-corrected chi connectivity index (χ4v) is 4.55. The molecule has 6 heteroatoms. The average Bonchev–Trinajstić information content (AvgIpc) is 2.50. The van der Waals surface area contributed by atoms with Gasteiger partial charge in [-0.3, -0.25) is 4.79 Å². The van der Waals surface area contributed by atoms with Crippen LogP contribution in [0.4, 0.5) is 0 Å². The molecule has 0 aliphatic carbocycles. The molecule has 1 atom stereocenters. The minimum absolute atomic E-state index is 0.00298. The Hall–Kier alpha value is -1.40. The predicted octanol–water partition coefficient (Wildman–Crippen LogP) is 1.93. The lowest BCUT2D eigenvalue weighted by Gasteiger charge is -2.32. The van der Waals surface area contributed by atoms with Crippen molar-refractivity contribution in [3.05, 3.63) is 34.9 Å². The number of hydrogen-bond donors (Lipinski definition) is 0. The Morgan fingerprint density at radius 1 is 1.26 bits per heavy atom. The lowest BCUT2D eigenvalue weighted by Crippen LogP contribution is -2.45. The van der Waals surface area contributed by atoms with Crippen molar-refractivity contribution in [3.63, 3.8) is 0 Å². The highest BCUT2D eigenvalue weighted by Gasteiger charge is 2.32. The molecular formula is C17H26N2O3S. The molecule has 1 aliphatic rings. The van der Waals surface area contributed by atoms with Gasteiger partial charge in [0.25, 0.3) is 0 Å². The van der Waals surface area contributed by atoms with Crippen molar-refractivity contribution >= 4 is 15.9 Å². The first-order chi connectivity index (χ1) is 10.7. The summed E-state index contributed by atoms with van der Waals surface area (Å²) in [6.45, 7) is 4.79. The standard InChI is InChI=1S/C17H26N2O3S/c1-13-7-8-15(10-14(13)2)12-23(21,22)19-9-5-6-16(11-19)17(20)18(3)4/h7-8,10,16H,5-6,9,11-12H2,1-4H3. The van der Waals surface area contributed by atoms with E-state index in [-0.39, 0.29) is 17.6 Å². The number of benzene rings is 1. The molecule has 1 heterocycles. The predicted molar refractivity (Wildman–Crippen MR) is 91.5 cm³/mol. The highest BCUT2D eigenvalue weighted by atomic mass is 32.2. The number of carbonyl (C=O) groups is 1. The smallest absolute Gasteiger partial charge is 0.226 e. The number of aryl methyl sites for hydroxylation is 2. The van der Waals surface area contributed by atoms with Crippen LogP contribution in [0.2, 0.25) is 0 Å². The number of hydrogen-bond acceptors (Lipinski definition) is 3. The third-order valence-corrected chi connectivity index (χ3v) is 6.30. The summed E-state index contributed by atoms with van der Waals surface area (Å²) in [6, 6.07) is 5.75. The SMILES string of the molecule is Cc1ccc(CS(=O)(=O)N2CCCC(C(=O)N(C)C)C2)cc1C. The quantitative estimate of drug-likeness (QED) is 0.843. The van der Waals surface area contributed by atoms with Gasteiger partial charge in [-0.15, -0.1) is 0 Å². The molecule has 5 nitrogen and oxygen atoms in total. The van der Waals surface area contributed by atoms with Gasteiger partial charge in [-0.1, -0.05) is 18.2 Å². The maximum Gasteiger partial charge on any atom is 0.226 e. The fourth-order valence-electron chi connectivity index (χ4n) is 2.96. The first-order valence-corrected chi connectivity index (χ1v) is 9.57. The average molecular weight is 338 g/mol. The summed E-state index contributed by atoms with van der Waals surface area (Å²) in [5.74, 6) is -0.221. The molecule has 1 unspecified atom stereocenters. The Balaban J connectivity index is 2.12. The normalized spacial score (nSPS) is 19.6. The lowest BCUT2D eigenvalue weighted by molar-refractivity contribution is -0.134. The van der Waals surface area contributed by atoms with E-state index >= 15 is 0 Å². The Morgan fingerprint density at radius 3 is 2.57 bits per heavy atom. The third kappa shape index (κ3) is 4.32. The van der Waals surface area contributed by atoms with Crippen molar-refractivity contribution < 1.29 is 13.2 Å². The lowest BCUT2D eigenvalue weighted by atomic mass is 9.98. The first-order valence-electron chi connectivity index (χ1n) is 7.96. The minimum Gasteiger partial charge on any atom is -0.349 e. The van der Waals surface area contributed by atoms with Crippen LogP contribution in [0.3, 0.4) is 0 Å². The summed E-state index contributed by atoms with van der Waals surface area (Å²) in [7, 11) is 0.0308. The van der Waals surface area contributed by atoms with Crippen LogP contribution in [0.5, 0.6) is 0 Å². The zero-order chi connectivity index (χ0) is 17.2. The van der Waals surface area contributed by atoms with Crippen molar-refractivity contribution in [1.82, 2.24) is 9.21 Å². The summed E-state index contributed by atoms with van der Waals surface area (Å²) in [5, 5.41) is 0. The summed E-state index contributed by atoms with van der Waals surface area (Å²) in [6.07, 6.45) is 1.49. The van der Waals surface area contributed by atoms with Gasteiger partial charge in [0.15, 0.2) is 0 Å². The molecule has 0 aromatic heterocycles. The number of sulfonamides is 1. The second-order valence-corrected chi connectivity index (χ2v) is 8.57. The topological polar surface area (TPSA) is 57.7 Å². The maximum absolute atomic E-state index is 12.7. The van der Waals surface area contributed by atoms with Crippen LogP contribution in [0.15, 0.2) is 18.2 Å². The molecule has 1 aliphatic heterocycles. The molecule has 23 heavy (non-hydrogen) atoms. The van der Waals surface area contributed by atoms with E-state index < -0.39 is 10.0 Å². The van der Waals surface area contributed by atoms with Gasteiger partial charge < -0.3 is 4.90 Å². The highest BCUT2D eigenvalue weighted by Crippen LogP contribution is 2.23. The van der Waals surface area contributed by atoms with E-state index in [4.69, 9.17) is 0 Å². The van der Waals surface area contributed by atoms with Crippen molar-refractivity contribution in [2.24, 2.45) is 5.92 Å². The Kier molecular flexibility index (Phi) is 5.47. The van der Waals surface area contributed by atoms with E-state index in [0.717, 1.165) is 29.5 Å². The van der Waals surface area contributed by atoms with E-state index in [2.05, 4.69) is 0 Å². The maximum atomic E-state index is 12.7. The van der Waals surface area contributed by atoms with Crippen LogP contribution in [-0.2, 0) is 20.6 Å². The van der Waals surface area contributed by atoms with E-state index in [1.807, 2.05) is 32.0 Å². The second-order valence-electron chi connectivity index (χ2n) is 6.60. The molecule has 1 amide bonds. The first kappa shape index (κ1) is 17.9. The van der Waals surface area contributed by atoms with Gasteiger partial charge in [0.2, 0.25) is 15.9 Å². The molecule has 0 bridgehead atoms. The molecule has 1 aromatic rings. The van der Waals surface area contributed by atoms with Crippen molar-refractivity contribution in [3.8, 4) is 0 Å². The van der Waals surface area contributed by atoms with Gasteiger partial charge in [0.1, 0.15) is 0 Å². The van der Waals surface area contributed by atoms with Crippen LogP contribution in [-0.4, -0.2) is 50.7 Å². The number of amides is 1. The van der Waals surface area contributed by atoms with Crippen LogP contribution in [0.1, 0.15) is 29.5 Å². The monoisotopic (exact) mass is 338 g/mol. The van der Waals surface area contributed by atoms with E-state index in [1.54, 1.807) is 19.0 Å². The van der Waals surface area contributed by atoms with Crippen LogP contribution < -0.4 is 0 Å². The van der Waals surface area contributed by atoms with Gasteiger partial charge in [-0.2, -0.15) is 0 Å². The number of piperidine rings is 1. The Labute approximate surface area is 139 Å². The minimum atomic E-state index is -3.40. The molecule has 0 radical (unpaired) electrons. The number of rotatable bonds is 4. The third-order valence-electron chi connectivity index (χ3n) is 4.49. The van der Waals surface area contributed by atoms with Crippen molar-refractivity contribution in [2.75, 3.05) is 27.2 Å². The number of carbonyl (C=O) groups excluding carboxylic acids is 1. The zero-order valence-corrected chi connectivity index (χ0v) is 15.2. The summed E-state index contributed by atoms with van der Waals surface area (Å²) in [4.78, 5) is 13.7. The van der Waals surface area contributed by atoms with E-state index in [9.17, 15) is 13.2 Å². The van der Waals surface area contributed by atoms with Gasteiger partial charge >= 0.3 is 0 Å². The summed E-state index contributed by atoms with van der Waals surface area (Å²) >= 11 is 0.